The lowest BCUT2D eigenvalue weighted by molar-refractivity contribution is 0.103. The van der Waals surface area contributed by atoms with Gasteiger partial charge in [0.05, 0.1) is 10.0 Å². The third-order valence-electron chi connectivity index (χ3n) is 2.13. The van der Waals surface area contributed by atoms with E-state index in [9.17, 15) is 9.18 Å². The van der Waals surface area contributed by atoms with Crippen LogP contribution >= 0.6 is 23.2 Å². The molecular weight excluding hydrogens is 264 g/mol. The van der Waals surface area contributed by atoms with Crippen molar-refractivity contribution >= 4 is 29.0 Å². The van der Waals surface area contributed by atoms with E-state index >= 15 is 0 Å². The number of hydrogen-bond donors (Lipinski definition) is 0. The average molecular weight is 270 g/mol. The van der Waals surface area contributed by atoms with Gasteiger partial charge in [-0.1, -0.05) is 23.2 Å². The molecule has 0 bridgehead atoms. The molecule has 0 saturated heterocycles. The van der Waals surface area contributed by atoms with Crippen molar-refractivity contribution in [2.24, 2.45) is 0 Å². The first-order chi connectivity index (χ1) is 8.08. The van der Waals surface area contributed by atoms with Crippen LogP contribution in [0.1, 0.15) is 16.1 Å². The molecule has 2 aromatic rings. The van der Waals surface area contributed by atoms with Gasteiger partial charge in [-0.2, -0.15) is 0 Å². The van der Waals surface area contributed by atoms with E-state index in [1.165, 1.54) is 30.5 Å². The quantitative estimate of drug-likeness (QED) is 0.778. The van der Waals surface area contributed by atoms with Crippen LogP contribution in [0.4, 0.5) is 4.39 Å². The molecule has 1 heterocycles. The Hall–Kier alpha value is -1.45. The first kappa shape index (κ1) is 12.0. The highest BCUT2D eigenvalue weighted by molar-refractivity contribution is 6.35. The van der Waals surface area contributed by atoms with Gasteiger partial charge in [0.2, 0.25) is 5.78 Å². The highest BCUT2D eigenvalue weighted by Gasteiger charge is 2.14. The Bertz CT molecular complexity index is 569. The molecule has 2 nitrogen and oxygen atoms in total. The van der Waals surface area contributed by atoms with Crippen LogP contribution in [0, 0.1) is 5.82 Å². The van der Waals surface area contributed by atoms with Gasteiger partial charge in [-0.25, -0.2) is 4.39 Å². The van der Waals surface area contributed by atoms with Crippen molar-refractivity contribution in [3.8, 4) is 0 Å². The normalized spacial score (nSPS) is 10.3. The lowest BCUT2D eigenvalue weighted by Gasteiger charge is -2.03. The minimum atomic E-state index is -0.522. The number of ketones is 1. The van der Waals surface area contributed by atoms with Gasteiger partial charge in [0.25, 0.3) is 0 Å². The Balaban J connectivity index is 2.43. The van der Waals surface area contributed by atoms with E-state index in [2.05, 4.69) is 4.98 Å². The van der Waals surface area contributed by atoms with Gasteiger partial charge in [0.1, 0.15) is 11.5 Å². The molecule has 0 unspecified atom stereocenters. The number of benzene rings is 1. The summed E-state index contributed by atoms with van der Waals surface area (Å²) in [5, 5.41) is 0.611. The van der Waals surface area contributed by atoms with Gasteiger partial charge in [-0.05, 0) is 30.3 Å². The van der Waals surface area contributed by atoms with Gasteiger partial charge in [-0.15, -0.1) is 0 Å². The van der Waals surface area contributed by atoms with Crippen LogP contribution in [0.2, 0.25) is 10.0 Å². The minimum absolute atomic E-state index is 0.0847. The number of pyridine rings is 1. The van der Waals surface area contributed by atoms with Crippen molar-refractivity contribution in [2.75, 3.05) is 0 Å². The fraction of sp³-hybridized carbons (Fsp3) is 0. The van der Waals surface area contributed by atoms with Crippen molar-refractivity contribution in [1.82, 2.24) is 4.98 Å². The van der Waals surface area contributed by atoms with E-state index in [4.69, 9.17) is 23.2 Å². The van der Waals surface area contributed by atoms with Crippen LogP contribution in [0.25, 0.3) is 0 Å². The number of rotatable bonds is 2. The first-order valence-electron chi connectivity index (χ1n) is 4.69. The van der Waals surface area contributed by atoms with E-state index in [1.807, 2.05) is 0 Å². The second kappa shape index (κ2) is 4.82. The molecule has 0 radical (unpaired) electrons. The lowest BCUT2D eigenvalue weighted by atomic mass is 10.1. The van der Waals surface area contributed by atoms with Crippen LogP contribution in [-0.4, -0.2) is 10.8 Å². The summed E-state index contributed by atoms with van der Waals surface area (Å²) in [5.41, 5.74) is 0.253. The van der Waals surface area contributed by atoms with Gasteiger partial charge in [-0.3, -0.25) is 9.78 Å². The predicted molar refractivity (Wildman–Crippen MR) is 64.1 cm³/mol. The highest BCUT2D eigenvalue weighted by Crippen LogP contribution is 2.20. The smallest absolute Gasteiger partial charge is 0.212 e. The molecule has 0 amide bonds. The third kappa shape index (κ3) is 2.62. The Kier molecular flexibility index (Phi) is 3.41. The van der Waals surface area contributed by atoms with Crippen molar-refractivity contribution in [3.05, 3.63) is 63.6 Å². The number of halogens is 3. The maximum Gasteiger partial charge on any atom is 0.212 e. The van der Waals surface area contributed by atoms with Crippen LogP contribution in [0.15, 0.2) is 36.5 Å². The SMILES string of the molecule is O=C(c1ccc(Cl)cn1)c1cc(F)ccc1Cl. The monoisotopic (exact) mass is 269 g/mol. The molecule has 0 spiro atoms. The van der Waals surface area contributed by atoms with Crippen molar-refractivity contribution in [1.29, 1.82) is 0 Å². The summed E-state index contributed by atoms with van der Waals surface area (Å²) in [6, 6.07) is 6.61. The van der Waals surface area contributed by atoms with Crippen molar-refractivity contribution in [3.63, 3.8) is 0 Å². The standard InChI is InChI=1S/C12H6Cl2FNO/c13-7-1-4-11(16-6-7)12(17)9-5-8(15)2-3-10(9)14/h1-6H. The van der Waals surface area contributed by atoms with E-state index in [-0.39, 0.29) is 16.3 Å². The third-order valence-corrected chi connectivity index (χ3v) is 2.69. The lowest BCUT2D eigenvalue weighted by Crippen LogP contribution is -2.05. The van der Waals surface area contributed by atoms with Gasteiger partial charge in [0.15, 0.2) is 0 Å². The summed E-state index contributed by atoms with van der Waals surface area (Å²) in [6.45, 7) is 0. The summed E-state index contributed by atoms with van der Waals surface area (Å²) < 4.78 is 13.0. The van der Waals surface area contributed by atoms with Crippen LogP contribution in [-0.2, 0) is 0 Å². The van der Waals surface area contributed by atoms with Crippen LogP contribution in [0.3, 0.4) is 0 Å². The van der Waals surface area contributed by atoms with Gasteiger partial charge in [0, 0.05) is 11.8 Å². The van der Waals surface area contributed by atoms with Crippen LogP contribution < -0.4 is 0 Å². The predicted octanol–water partition coefficient (Wildman–Crippen LogP) is 3.76. The van der Waals surface area contributed by atoms with Crippen LogP contribution in [0.5, 0.6) is 0 Å². The molecule has 17 heavy (non-hydrogen) atoms. The second-order valence-corrected chi connectivity index (χ2v) is 4.16. The zero-order valence-electron chi connectivity index (χ0n) is 8.45. The molecule has 86 valence electrons. The Morgan fingerprint density at radius 3 is 2.59 bits per heavy atom. The number of carbonyl (C=O) groups is 1. The van der Waals surface area contributed by atoms with Crippen molar-refractivity contribution < 1.29 is 9.18 Å². The molecule has 1 aromatic carbocycles. The molecule has 2 rings (SSSR count). The summed E-state index contributed by atoms with van der Waals surface area (Å²) in [5.74, 6) is -0.960. The second-order valence-electron chi connectivity index (χ2n) is 3.31. The maximum atomic E-state index is 13.0. The fourth-order valence-corrected chi connectivity index (χ4v) is 1.63. The topological polar surface area (TPSA) is 30.0 Å². The molecule has 5 heteroatoms. The van der Waals surface area contributed by atoms with E-state index < -0.39 is 11.6 Å². The Morgan fingerprint density at radius 1 is 1.18 bits per heavy atom. The van der Waals surface area contributed by atoms with Gasteiger partial charge < -0.3 is 0 Å². The maximum absolute atomic E-state index is 13.0. The first-order valence-corrected chi connectivity index (χ1v) is 5.45. The Morgan fingerprint density at radius 2 is 1.94 bits per heavy atom. The summed E-state index contributed by atoms with van der Waals surface area (Å²) in [4.78, 5) is 15.8. The molecule has 0 saturated carbocycles. The zero-order chi connectivity index (χ0) is 12.4. The highest BCUT2D eigenvalue weighted by atomic mass is 35.5. The number of carbonyl (C=O) groups excluding carboxylic acids is 1. The fourth-order valence-electron chi connectivity index (χ4n) is 1.32. The zero-order valence-corrected chi connectivity index (χ0v) is 9.97. The van der Waals surface area contributed by atoms with E-state index in [0.717, 1.165) is 6.07 Å². The molecule has 0 aliphatic carbocycles. The summed E-state index contributed by atoms with van der Waals surface area (Å²) in [6.07, 6.45) is 1.35. The molecule has 0 aliphatic heterocycles. The van der Waals surface area contributed by atoms with E-state index in [1.54, 1.807) is 0 Å². The van der Waals surface area contributed by atoms with Crippen molar-refractivity contribution in [2.45, 2.75) is 0 Å². The average Bonchev–Trinajstić information content (AvgIpc) is 2.32. The molecule has 0 aliphatic rings. The molecule has 1 aromatic heterocycles. The number of aromatic nitrogens is 1. The number of nitrogens with zero attached hydrogens (tertiary/aromatic N) is 1. The van der Waals surface area contributed by atoms with E-state index in [0.29, 0.717) is 5.02 Å². The molecule has 0 fully saturated rings. The minimum Gasteiger partial charge on any atom is -0.287 e. The largest absolute Gasteiger partial charge is 0.287 e. The summed E-state index contributed by atoms with van der Waals surface area (Å²) >= 11 is 11.5. The molecule has 0 atom stereocenters. The number of hydrogen-bond acceptors (Lipinski definition) is 2. The molecular formula is C12H6Cl2FNO. The van der Waals surface area contributed by atoms with Gasteiger partial charge >= 0.3 is 0 Å². The summed E-state index contributed by atoms with van der Waals surface area (Å²) in [7, 11) is 0. The molecule has 0 N–H and O–H groups in total. The Labute approximate surface area is 107 Å².